The third-order valence-electron chi connectivity index (χ3n) is 4.01. The van der Waals surface area contributed by atoms with Crippen LogP contribution in [0.15, 0.2) is 24.5 Å². The van der Waals surface area contributed by atoms with E-state index in [0.29, 0.717) is 11.2 Å². The number of nitrogens with zero attached hydrogens (tertiary/aromatic N) is 3. The lowest BCUT2D eigenvalue weighted by Crippen LogP contribution is -2.32. The van der Waals surface area contributed by atoms with E-state index in [9.17, 15) is 9.18 Å². The number of hydrogen-bond donors (Lipinski definition) is 2. The second kappa shape index (κ2) is 9.63. The van der Waals surface area contributed by atoms with E-state index in [4.69, 9.17) is 19.3 Å². The van der Waals surface area contributed by atoms with E-state index in [1.807, 2.05) is 6.92 Å². The summed E-state index contributed by atoms with van der Waals surface area (Å²) in [4.78, 5) is 24.1. The summed E-state index contributed by atoms with van der Waals surface area (Å²) in [5.41, 5.74) is 0.878. The van der Waals surface area contributed by atoms with Crippen LogP contribution in [0.1, 0.15) is 18.9 Å². The van der Waals surface area contributed by atoms with Gasteiger partial charge in [0.15, 0.2) is 11.6 Å². The highest BCUT2D eigenvalue weighted by atomic mass is 32.1. The molecule has 0 aliphatic carbocycles. The highest BCUT2D eigenvalue weighted by molar-refractivity contribution is 7.18. The molecule has 1 amide bonds. The molecule has 2 N–H and O–H groups in total. The molecule has 0 unspecified atom stereocenters. The lowest BCUT2D eigenvalue weighted by atomic mass is 10.2. The van der Waals surface area contributed by atoms with Crippen LogP contribution < -0.4 is 14.8 Å². The molecule has 0 aliphatic rings. The molecule has 11 heteroatoms. The van der Waals surface area contributed by atoms with Crippen molar-refractivity contribution in [2.24, 2.45) is 0 Å². The Hall–Kier alpha value is -3.05. The number of benzene rings is 1. The van der Waals surface area contributed by atoms with Crippen molar-refractivity contribution < 1.29 is 28.5 Å². The number of aryl methyl sites for hydroxylation is 1. The minimum absolute atomic E-state index is 0.0698. The Kier molecular flexibility index (Phi) is 6.95. The molecule has 9 nitrogen and oxygen atoms in total. The summed E-state index contributed by atoms with van der Waals surface area (Å²) in [6.45, 7) is 5.08. The van der Waals surface area contributed by atoms with Gasteiger partial charge in [0.1, 0.15) is 18.8 Å². The number of halogens is 1. The predicted molar refractivity (Wildman–Crippen MR) is 109 cm³/mol. The normalized spacial score (nSPS) is 13.0. The number of carbonyl (C=O) groups excluding carboxylic acids is 1. The maximum absolute atomic E-state index is 14.3. The fourth-order valence-electron chi connectivity index (χ4n) is 2.44. The predicted octanol–water partition coefficient (Wildman–Crippen LogP) is 3.31. The second-order valence-corrected chi connectivity index (χ2v) is 7.60. The number of aliphatic hydroxyl groups is 1. The summed E-state index contributed by atoms with van der Waals surface area (Å²) < 4.78 is 31.1. The molecular formula is C19H21FN4O5S. The van der Waals surface area contributed by atoms with Crippen molar-refractivity contribution in [1.29, 1.82) is 0 Å². The quantitative estimate of drug-likeness (QED) is 0.553. The maximum Gasteiger partial charge on any atom is 0.412 e. The molecule has 0 radical (unpaired) electrons. The number of hydrogen-bond acceptors (Lipinski definition) is 9. The van der Waals surface area contributed by atoms with Crippen LogP contribution in [0.4, 0.5) is 14.9 Å². The van der Waals surface area contributed by atoms with Gasteiger partial charge in [-0.1, -0.05) is 0 Å². The zero-order valence-electron chi connectivity index (χ0n) is 16.6. The summed E-state index contributed by atoms with van der Waals surface area (Å²) in [5, 5.41) is 12.0. The molecule has 0 fully saturated rings. The molecule has 2 aromatic heterocycles. The molecule has 0 saturated carbocycles. The standard InChI is InChI=1S/C19H21FN4O5S/c1-10(28-16-7-17-15(6-14(16)20)23-12(3)30-17)11(2)29-19(26)24-13-8-21-18(22-9-13)27-5-4-25/h6-11,25H,4-5H2,1-3H3,(H,24,26)/t10-,11+/m0/s1. The average Bonchev–Trinajstić information content (AvgIpc) is 3.06. The maximum atomic E-state index is 14.3. The van der Waals surface area contributed by atoms with Crippen molar-refractivity contribution in [3.63, 3.8) is 0 Å². The molecule has 30 heavy (non-hydrogen) atoms. The van der Waals surface area contributed by atoms with E-state index in [1.165, 1.54) is 29.8 Å². The van der Waals surface area contributed by atoms with Crippen LogP contribution in [-0.4, -0.2) is 51.6 Å². The number of thiazole rings is 1. The zero-order valence-corrected chi connectivity index (χ0v) is 17.4. The van der Waals surface area contributed by atoms with Crippen LogP contribution in [0.25, 0.3) is 10.2 Å². The van der Waals surface area contributed by atoms with Gasteiger partial charge >= 0.3 is 12.1 Å². The Labute approximate surface area is 175 Å². The summed E-state index contributed by atoms with van der Waals surface area (Å²) >= 11 is 1.44. The third-order valence-corrected chi connectivity index (χ3v) is 4.95. The molecular weight excluding hydrogens is 415 g/mol. The van der Waals surface area contributed by atoms with Gasteiger partial charge in [-0.25, -0.2) is 24.1 Å². The Morgan fingerprint density at radius 1 is 1.27 bits per heavy atom. The number of carbonyl (C=O) groups is 1. The van der Waals surface area contributed by atoms with Gasteiger partial charge in [-0.15, -0.1) is 11.3 Å². The lowest BCUT2D eigenvalue weighted by molar-refractivity contribution is 0.0402. The molecule has 0 aliphatic heterocycles. The number of amides is 1. The van der Waals surface area contributed by atoms with Crippen LogP contribution in [0, 0.1) is 12.7 Å². The molecule has 0 spiro atoms. The summed E-state index contributed by atoms with van der Waals surface area (Å²) in [5.74, 6) is -0.460. The smallest absolute Gasteiger partial charge is 0.412 e. The average molecular weight is 436 g/mol. The summed E-state index contributed by atoms with van der Waals surface area (Å²) in [6.07, 6.45) is 0.665. The van der Waals surface area contributed by atoms with Crippen LogP contribution in [0.2, 0.25) is 0 Å². The van der Waals surface area contributed by atoms with Crippen molar-refractivity contribution in [2.45, 2.75) is 33.0 Å². The van der Waals surface area contributed by atoms with E-state index < -0.39 is 24.1 Å². The minimum atomic E-state index is -0.736. The second-order valence-electron chi connectivity index (χ2n) is 6.37. The number of aromatic nitrogens is 3. The van der Waals surface area contributed by atoms with Crippen molar-refractivity contribution in [1.82, 2.24) is 15.0 Å². The summed E-state index contributed by atoms with van der Waals surface area (Å²) in [7, 11) is 0. The third kappa shape index (κ3) is 5.51. The highest BCUT2D eigenvalue weighted by Gasteiger charge is 2.21. The van der Waals surface area contributed by atoms with Crippen molar-refractivity contribution in [3.05, 3.63) is 35.4 Å². The molecule has 1 aromatic carbocycles. The Balaban J connectivity index is 1.55. The molecule has 0 bridgehead atoms. The Morgan fingerprint density at radius 3 is 2.70 bits per heavy atom. The number of aliphatic hydroxyl groups excluding tert-OH is 1. The summed E-state index contributed by atoms with van der Waals surface area (Å²) in [6, 6.07) is 3.00. The zero-order chi connectivity index (χ0) is 21.7. The number of nitrogens with one attached hydrogen (secondary N) is 1. The van der Waals surface area contributed by atoms with Gasteiger partial charge in [0.25, 0.3) is 0 Å². The van der Waals surface area contributed by atoms with Crippen molar-refractivity contribution in [3.8, 4) is 11.8 Å². The fourth-order valence-corrected chi connectivity index (χ4v) is 3.27. The number of ether oxygens (including phenoxy) is 3. The van der Waals surface area contributed by atoms with Gasteiger partial charge in [0.2, 0.25) is 0 Å². The van der Waals surface area contributed by atoms with Gasteiger partial charge in [-0.3, -0.25) is 5.32 Å². The number of anilines is 1. The Morgan fingerprint density at radius 2 is 2.00 bits per heavy atom. The fraction of sp³-hybridized carbons (Fsp3) is 0.368. The minimum Gasteiger partial charge on any atom is -0.484 e. The topological polar surface area (TPSA) is 116 Å². The van der Waals surface area contributed by atoms with Crippen LogP contribution >= 0.6 is 11.3 Å². The first kappa shape index (κ1) is 21.7. The van der Waals surface area contributed by atoms with Gasteiger partial charge < -0.3 is 19.3 Å². The molecule has 3 aromatic rings. The van der Waals surface area contributed by atoms with Gasteiger partial charge in [0.05, 0.1) is 39.9 Å². The Bertz CT molecular complexity index is 1010. The lowest BCUT2D eigenvalue weighted by Gasteiger charge is -2.22. The SMILES string of the molecule is Cc1nc2cc(F)c(O[C@@H](C)[C@@H](C)OC(=O)Nc3cnc(OCCO)nc3)cc2s1. The van der Waals surface area contributed by atoms with E-state index in [-0.39, 0.29) is 25.0 Å². The van der Waals surface area contributed by atoms with Gasteiger partial charge in [-0.05, 0) is 20.8 Å². The van der Waals surface area contributed by atoms with Crippen LogP contribution in [-0.2, 0) is 4.74 Å². The number of rotatable bonds is 8. The van der Waals surface area contributed by atoms with Crippen molar-refractivity contribution in [2.75, 3.05) is 18.5 Å². The first-order valence-corrected chi connectivity index (χ1v) is 9.94. The molecule has 2 heterocycles. The number of fused-ring (bicyclic) bond motifs is 1. The molecule has 160 valence electrons. The van der Waals surface area contributed by atoms with E-state index in [2.05, 4.69) is 20.3 Å². The molecule has 0 saturated heterocycles. The molecule has 3 rings (SSSR count). The van der Waals surface area contributed by atoms with Crippen LogP contribution in [0.5, 0.6) is 11.8 Å². The van der Waals surface area contributed by atoms with Crippen LogP contribution in [0.3, 0.4) is 0 Å². The van der Waals surface area contributed by atoms with Gasteiger partial charge in [-0.2, -0.15) is 0 Å². The monoisotopic (exact) mass is 436 g/mol. The van der Waals surface area contributed by atoms with Crippen molar-refractivity contribution >= 4 is 33.3 Å². The largest absolute Gasteiger partial charge is 0.484 e. The van der Waals surface area contributed by atoms with E-state index >= 15 is 0 Å². The first-order valence-electron chi connectivity index (χ1n) is 9.12. The van der Waals surface area contributed by atoms with E-state index in [0.717, 1.165) is 9.71 Å². The van der Waals surface area contributed by atoms with E-state index in [1.54, 1.807) is 19.9 Å². The first-order chi connectivity index (χ1) is 14.4. The van der Waals surface area contributed by atoms with Gasteiger partial charge in [0, 0.05) is 12.1 Å². The highest BCUT2D eigenvalue weighted by Crippen LogP contribution is 2.29. The molecule has 2 atom stereocenters.